The number of rotatable bonds is 4. The van der Waals surface area contributed by atoms with Crippen LogP contribution in [0.3, 0.4) is 0 Å². The molecule has 0 radical (unpaired) electrons. The van der Waals surface area contributed by atoms with E-state index in [1.165, 1.54) is 29.2 Å². The molecular weight excluding hydrogens is 437 g/mol. The Morgan fingerprint density at radius 3 is 2.72 bits per heavy atom. The van der Waals surface area contributed by atoms with Crippen LogP contribution in [0.1, 0.15) is 29.6 Å². The first-order chi connectivity index (χ1) is 15.6. The van der Waals surface area contributed by atoms with Gasteiger partial charge in [-0.3, -0.25) is 14.5 Å². The van der Waals surface area contributed by atoms with Crippen LogP contribution in [0.4, 0.5) is 4.39 Å². The first-order valence-corrected chi connectivity index (χ1v) is 11.0. The second-order valence-corrected chi connectivity index (χ2v) is 8.50. The van der Waals surface area contributed by atoms with Crippen molar-refractivity contribution < 1.29 is 27.9 Å². The maximum absolute atomic E-state index is 13.2. The monoisotopic (exact) mass is 455 g/mol. The highest BCUT2D eigenvalue weighted by Crippen LogP contribution is 2.37. The number of carbonyl (C=O) groups is 2. The Morgan fingerprint density at radius 1 is 1.06 bits per heavy atom. The van der Waals surface area contributed by atoms with Crippen molar-refractivity contribution in [3.05, 3.63) is 53.8 Å². The van der Waals surface area contributed by atoms with Crippen molar-refractivity contribution in [3.63, 3.8) is 0 Å². The molecular formula is C22H18FN3O5S. The molecule has 2 amide bonds. The molecule has 1 unspecified atom stereocenters. The van der Waals surface area contributed by atoms with Crippen LogP contribution in [0, 0.1) is 5.82 Å². The van der Waals surface area contributed by atoms with Gasteiger partial charge in [-0.2, -0.15) is 0 Å². The predicted octanol–water partition coefficient (Wildman–Crippen LogP) is 3.92. The molecule has 1 aromatic heterocycles. The van der Waals surface area contributed by atoms with E-state index in [4.69, 9.17) is 13.9 Å². The Hall–Kier alpha value is -3.40. The van der Waals surface area contributed by atoms with Crippen LogP contribution in [0.5, 0.6) is 11.5 Å². The number of fused-ring (bicyclic) bond motifs is 1. The standard InChI is InChI=1S/C22H18FN3O5S/c23-15-7-4-13(5-8-15)20(27)26-10-2-1-3-18(21(26)28)32-22-25-24-19(31-22)14-6-9-16-17(11-14)30-12-29-16/h4-9,11,18H,1-3,10,12H2. The molecule has 0 saturated carbocycles. The smallest absolute Gasteiger partial charge is 0.277 e. The van der Waals surface area contributed by atoms with E-state index in [0.29, 0.717) is 42.3 Å². The molecule has 1 atom stereocenters. The van der Waals surface area contributed by atoms with Gasteiger partial charge in [-0.15, -0.1) is 10.2 Å². The zero-order valence-electron chi connectivity index (χ0n) is 16.8. The number of benzene rings is 2. The Morgan fingerprint density at radius 2 is 1.88 bits per heavy atom. The topological polar surface area (TPSA) is 94.8 Å². The SMILES string of the molecule is O=C(c1ccc(F)cc1)N1CCCCC(Sc2nnc(-c3ccc4c(c3)OCO4)o2)C1=O. The van der Waals surface area contributed by atoms with Crippen LogP contribution < -0.4 is 9.47 Å². The van der Waals surface area contributed by atoms with Crippen molar-refractivity contribution in [2.45, 2.75) is 29.7 Å². The Bertz CT molecular complexity index is 1170. The van der Waals surface area contributed by atoms with Gasteiger partial charge in [-0.05, 0) is 55.3 Å². The van der Waals surface area contributed by atoms with Crippen molar-refractivity contribution >= 4 is 23.6 Å². The Balaban J connectivity index is 1.32. The summed E-state index contributed by atoms with van der Waals surface area (Å²) in [6.07, 6.45) is 2.06. The van der Waals surface area contributed by atoms with E-state index in [2.05, 4.69) is 10.2 Å². The van der Waals surface area contributed by atoms with Gasteiger partial charge in [0.2, 0.25) is 18.6 Å². The minimum Gasteiger partial charge on any atom is -0.454 e. The highest BCUT2D eigenvalue weighted by atomic mass is 32.2. The summed E-state index contributed by atoms with van der Waals surface area (Å²) in [6.45, 7) is 0.485. The first kappa shape index (κ1) is 20.5. The number of carbonyl (C=O) groups excluding carboxylic acids is 2. The van der Waals surface area contributed by atoms with Gasteiger partial charge in [0, 0.05) is 17.7 Å². The average Bonchev–Trinajstić information content (AvgIpc) is 3.43. The van der Waals surface area contributed by atoms with Crippen molar-refractivity contribution in [2.75, 3.05) is 13.3 Å². The van der Waals surface area contributed by atoms with E-state index >= 15 is 0 Å². The van der Waals surface area contributed by atoms with Crippen LogP contribution in [-0.2, 0) is 4.79 Å². The second kappa shape index (κ2) is 8.62. The number of halogens is 1. The molecule has 5 rings (SSSR count). The molecule has 0 bridgehead atoms. The number of likely N-dealkylation sites (tertiary alicyclic amines) is 1. The second-order valence-electron chi connectivity index (χ2n) is 7.35. The maximum atomic E-state index is 13.2. The summed E-state index contributed by atoms with van der Waals surface area (Å²) in [7, 11) is 0. The molecule has 0 spiro atoms. The first-order valence-electron chi connectivity index (χ1n) is 10.1. The van der Waals surface area contributed by atoms with Gasteiger partial charge in [-0.25, -0.2) is 4.39 Å². The highest BCUT2D eigenvalue weighted by Gasteiger charge is 2.33. The van der Waals surface area contributed by atoms with Gasteiger partial charge >= 0.3 is 0 Å². The van der Waals surface area contributed by atoms with Crippen molar-refractivity contribution in [2.24, 2.45) is 0 Å². The van der Waals surface area contributed by atoms with Gasteiger partial charge in [0.05, 0.1) is 5.25 Å². The molecule has 0 N–H and O–H groups in total. The summed E-state index contributed by atoms with van der Waals surface area (Å²) < 4.78 is 29.6. The average molecular weight is 455 g/mol. The van der Waals surface area contributed by atoms with Crippen molar-refractivity contribution in [1.29, 1.82) is 0 Å². The molecule has 2 aliphatic heterocycles. The van der Waals surface area contributed by atoms with E-state index in [1.54, 1.807) is 18.2 Å². The summed E-state index contributed by atoms with van der Waals surface area (Å²) >= 11 is 1.15. The third-order valence-electron chi connectivity index (χ3n) is 5.24. The highest BCUT2D eigenvalue weighted by molar-refractivity contribution is 8.00. The van der Waals surface area contributed by atoms with Crippen LogP contribution in [0.25, 0.3) is 11.5 Å². The fraction of sp³-hybridized carbons (Fsp3) is 0.273. The fourth-order valence-corrected chi connectivity index (χ4v) is 4.56. The largest absolute Gasteiger partial charge is 0.454 e. The summed E-state index contributed by atoms with van der Waals surface area (Å²) in [5.41, 5.74) is 0.946. The van der Waals surface area contributed by atoms with E-state index in [9.17, 15) is 14.0 Å². The minimum absolute atomic E-state index is 0.167. The predicted molar refractivity (Wildman–Crippen MR) is 112 cm³/mol. The number of ether oxygens (including phenoxy) is 2. The van der Waals surface area contributed by atoms with Crippen LogP contribution in [0.15, 0.2) is 52.1 Å². The lowest BCUT2D eigenvalue weighted by molar-refractivity contribution is -0.127. The van der Waals surface area contributed by atoms with E-state index in [-0.39, 0.29) is 23.5 Å². The molecule has 1 saturated heterocycles. The number of hydrogen-bond acceptors (Lipinski definition) is 8. The summed E-state index contributed by atoms with van der Waals surface area (Å²) in [6, 6.07) is 10.5. The van der Waals surface area contributed by atoms with Crippen molar-refractivity contribution in [3.8, 4) is 23.0 Å². The molecule has 1 fully saturated rings. The van der Waals surface area contributed by atoms with Gasteiger partial charge in [0.1, 0.15) is 5.82 Å². The van der Waals surface area contributed by atoms with E-state index < -0.39 is 17.0 Å². The van der Waals surface area contributed by atoms with Crippen LogP contribution >= 0.6 is 11.8 Å². The lowest BCUT2D eigenvalue weighted by atomic mass is 10.2. The van der Waals surface area contributed by atoms with Crippen molar-refractivity contribution in [1.82, 2.24) is 15.1 Å². The molecule has 8 nitrogen and oxygen atoms in total. The molecule has 164 valence electrons. The number of amides is 2. The number of nitrogens with zero attached hydrogens (tertiary/aromatic N) is 3. The zero-order chi connectivity index (χ0) is 22.1. The molecule has 2 aliphatic rings. The normalized spacial score (nSPS) is 18.0. The Kier molecular flexibility index (Phi) is 5.52. The van der Waals surface area contributed by atoms with Gasteiger partial charge in [0.25, 0.3) is 11.1 Å². The minimum atomic E-state index is -0.535. The third-order valence-corrected chi connectivity index (χ3v) is 6.33. The van der Waals surface area contributed by atoms with E-state index in [0.717, 1.165) is 18.2 Å². The third kappa shape index (κ3) is 4.05. The molecule has 3 aromatic rings. The molecule has 32 heavy (non-hydrogen) atoms. The quantitative estimate of drug-likeness (QED) is 0.547. The fourth-order valence-electron chi connectivity index (χ4n) is 3.59. The van der Waals surface area contributed by atoms with Gasteiger partial charge in [-0.1, -0.05) is 18.2 Å². The lowest BCUT2D eigenvalue weighted by Crippen LogP contribution is -2.41. The van der Waals surface area contributed by atoms with Crippen LogP contribution in [0.2, 0.25) is 0 Å². The molecule has 0 aliphatic carbocycles. The molecule has 3 heterocycles. The summed E-state index contributed by atoms with van der Waals surface area (Å²) in [4.78, 5) is 27.2. The van der Waals surface area contributed by atoms with Gasteiger partial charge in [0.15, 0.2) is 11.5 Å². The summed E-state index contributed by atoms with van der Waals surface area (Å²) in [5.74, 6) is 0.360. The molecule has 10 heteroatoms. The Labute approximate surface area is 186 Å². The van der Waals surface area contributed by atoms with Crippen LogP contribution in [-0.4, -0.2) is 45.5 Å². The lowest BCUT2D eigenvalue weighted by Gasteiger charge is -2.21. The molecule has 2 aromatic carbocycles. The number of imide groups is 1. The number of hydrogen-bond donors (Lipinski definition) is 0. The maximum Gasteiger partial charge on any atom is 0.277 e. The summed E-state index contributed by atoms with van der Waals surface area (Å²) in [5, 5.41) is 7.84. The van der Waals surface area contributed by atoms with Gasteiger partial charge < -0.3 is 13.9 Å². The zero-order valence-corrected chi connectivity index (χ0v) is 17.6. The number of aromatic nitrogens is 2. The number of thioether (sulfide) groups is 1. The van der Waals surface area contributed by atoms with E-state index in [1.807, 2.05) is 0 Å².